The first-order chi connectivity index (χ1) is 12.4. The fourth-order valence-corrected chi connectivity index (χ4v) is 2.17. The van der Waals surface area contributed by atoms with Gasteiger partial charge in [-0.3, -0.25) is 9.59 Å². The largest absolute Gasteiger partial charge is 0.494 e. The molecule has 0 saturated heterocycles. The van der Waals surface area contributed by atoms with E-state index < -0.39 is 12.1 Å². The summed E-state index contributed by atoms with van der Waals surface area (Å²) in [7, 11) is 0. The highest BCUT2D eigenvalue weighted by Gasteiger charge is 2.14. The van der Waals surface area contributed by atoms with Crippen LogP contribution in [0.15, 0.2) is 48.5 Å². The maximum absolute atomic E-state index is 12.2. The first kappa shape index (κ1) is 19.3. The van der Waals surface area contributed by atoms with Gasteiger partial charge in [0.05, 0.1) is 6.61 Å². The van der Waals surface area contributed by atoms with Crippen LogP contribution in [-0.4, -0.2) is 29.7 Å². The smallest absolute Gasteiger partial charge is 0.303 e. The highest BCUT2D eigenvalue weighted by Crippen LogP contribution is 2.17. The van der Waals surface area contributed by atoms with Gasteiger partial charge in [0.2, 0.25) is 0 Å². The Morgan fingerprint density at radius 2 is 1.65 bits per heavy atom. The highest BCUT2D eigenvalue weighted by molar-refractivity contribution is 5.94. The molecule has 0 spiro atoms. The molecule has 2 N–H and O–H groups in total. The average molecular weight is 357 g/mol. The molecule has 0 aliphatic heterocycles. The second kappa shape index (κ2) is 9.46. The van der Waals surface area contributed by atoms with Gasteiger partial charge in [-0.05, 0) is 56.7 Å². The number of carboxylic acid groups (broad SMARTS) is 1. The van der Waals surface area contributed by atoms with Crippen LogP contribution in [0.1, 0.15) is 25.3 Å². The fourth-order valence-electron chi connectivity index (χ4n) is 2.17. The number of carboxylic acids is 1. The Labute approximate surface area is 152 Å². The van der Waals surface area contributed by atoms with E-state index in [-0.39, 0.29) is 12.3 Å². The third-order valence-electron chi connectivity index (χ3n) is 3.63. The summed E-state index contributed by atoms with van der Waals surface area (Å²) in [4.78, 5) is 22.7. The Kier molecular flexibility index (Phi) is 7.02. The van der Waals surface area contributed by atoms with Crippen molar-refractivity contribution in [1.82, 2.24) is 0 Å². The zero-order valence-electron chi connectivity index (χ0n) is 14.9. The van der Waals surface area contributed by atoms with Crippen molar-refractivity contribution in [1.29, 1.82) is 0 Å². The van der Waals surface area contributed by atoms with Crippen molar-refractivity contribution in [3.05, 3.63) is 54.1 Å². The average Bonchev–Trinajstić information content (AvgIpc) is 2.62. The van der Waals surface area contributed by atoms with Gasteiger partial charge in [0, 0.05) is 12.1 Å². The number of benzene rings is 2. The number of rotatable bonds is 9. The molecule has 0 bridgehead atoms. The summed E-state index contributed by atoms with van der Waals surface area (Å²) < 4.78 is 11.1. The number of aliphatic carboxylic acids is 1. The van der Waals surface area contributed by atoms with Gasteiger partial charge in [-0.15, -0.1) is 0 Å². The predicted molar refractivity (Wildman–Crippen MR) is 98.7 cm³/mol. The second-order valence-corrected chi connectivity index (χ2v) is 5.93. The van der Waals surface area contributed by atoms with Crippen molar-refractivity contribution in [2.75, 3.05) is 11.9 Å². The van der Waals surface area contributed by atoms with E-state index in [2.05, 4.69) is 5.32 Å². The van der Waals surface area contributed by atoms with Crippen LogP contribution in [0.3, 0.4) is 0 Å². The standard InChI is InChI=1S/C20H23NO5/c1-14-5-9-18(10-6-14)26-15(2)20(24)21-16-7-11-17(12-8-16)25-13-3-4-19(22)23/h5-12,15H,3-4,13H2,1-2H3,(H,21,24)(H,22,23). The number of anilines is 1. The van der Waals surface area contributed by atoms with Crippen molar-refractivity contribution in [2.45, 2.75) is 32.8 Å². The van der Waals surface area contributed by atoms with Gasteiger partial charge in [-0.1, -0.05) is 17.7 Å². The van der Waals surface area contributed by atoms with Gasteiger partial charge in [0.15, 0.2) is 6.10 Å². The van der Waals surface area contributed by atoms with E-state index in [1.54, 1.807) is 31.2 Å². The van der Waals surface area contributed by atoms with E-state index in [0.717, 1.165) is 5.56 Å². The first-order valence-electron chi connectivity index (χ1n) is 8.43. The van der Waals surface area contributed by atoms with Crippen LogP contribution in [0, 0.1) is 6.92 Å². The SMILES string of the molecule is Cc1ccc(OC(C)C(=O)Nc2ccc(OCCCC(=O)O)cc2)cc1. The van der Waals surface area contributed by atoms with E-state index in [1.807, 2.05) is 31.2 Å². The Bertz CT molecular complexity index is 725. The maximum atomic E-state index is 12.2. The number of carbonyl (C=O) groups excluding carboxylic acids is 1. The molecule has 1 unspecified atom stereocenters. The topological polar surface area (TPSA) is 84.9 Å². The summed E-state index contributed by atoms with van der Waals surface area (Å²) >= 11 is 0. The van der Waals surface area contributed by atoms with E-state index >= 15 is 0 Å². The summed E-state index contributed by atoms with van der Waals surface area (Å²) in [6.07, 6.45) is -0.112. The third-order valence-corrected chi connectivity index (χ3v) is 3.63. The number of ether oxygens (including phenoxy) is 2. The third kappa shape index (κ3) is 6.47. The molecule has 138 valence electrons. The Hall–Kier alpha value is -3.02. The Balaban J connectivity index is 1.80. The Morgan fingerprint density at radius 1 is 1.04 bits per heavy atom. The van der Waals surface area contributed by atoms with Crippen molar-refractivity contribution < 1.29 is 24.2 Å². The summed E-state index contributed by atoms with van der Waals surface area (Å²) in [5, 5.41) is 11.4. The van der Waals surface area contributed by atoms with E-state index in [4.69, 9.17) is 14.6 Å². The molecular formula is C20H23NO5. The van der Waals surface area contributed by atoms with Gasteiger partial charge in [-0.2, -0.15) is 0 Å². The zero-order chi connectivity index (χ0) is 18.9. The molecule has 0 aromatic heterocycles. The number of amides is 1. The normalized spacial score (nSPS) is 11.5. The number of nitrogens with one attached hydrogen (secondary N) is 1. The molecular weight excluding hydrogens is 334 g/mol. The van der Waals surface area contributed by atoms with Crippen LogP contribution in [-0.2, 0) is 9.59 Å². The van der Waals surface area contributed by atoms with Gasteiger partial charge >= 0.3 is 5.97 Å². The zero-order valence-corrected chi connectivity index (χ0v) is 14.9. The van der Waals surface area contributed by atoms with Gasteiger partial charge in [0.25, 0.3) is 5.91 Å². The first-order valence-corrected chi connectivity index (χ1v) is 8.43. The van der Waals surface area contributed by atoms with Gasteiger partial charge < -0.3 is 19.9 Å². The molecule has 0 radical (unpaired) electrons. The lowest BCUT2D eigenvalue weighted by Crippen LogP contribution is -2.30. The van der Waals surface area contributed by atoms with E-state index in [0.29, 0.717) is 30.2 Å². The molecule has 0 heterocycles. The molecule has 6 nitrogen and oxygen atoms in total. The molecule has 0 aliphatic rings. The van der Waals surface area contributed by atoms with Crippen LogP contribution in [0.2, 0.25) is 0 Å². The molecule has 0 saturated carbocycles. The van der Waals surface area contributed by atoms with Crippen LogP contribution in [0.5, 0.6) is 11.5 Å². The molecule has 0 fully saturated rings. The highest BCUT2D eigenvalue weighted by atomic mass is 16.5. The molecule has 2 rings (SSSR count). The van der Waals surface area contributed by atoms with E-state index in [1.165, 1.54) is 0 Å². The van der Waals surface area contributed by atoms with Crippen molar-refractivity contribution in [3.63, 3.8) is 0 Å². The van der Waals surface area contributed by atoms with Gasteiger partial charge in [-0.25, -0.2) is 0 Å². The van der Waals surface area contributed by atoms with Crippen LogP contribution in [0.4, 0.5) is 5.69 Å². The minimum atomic E-state index is -0.839. The summed E-state index contributed by atoms with van der Waals surface area (Å²) in [6.45, 7) is 4.01. The number of hydrogen-bond donors (Lipinski definition) is 2. The monoisotopic (exact) mass is 357 g/mol. The summed E-state index contributed by atoms with van der Waals surface area (Å²) in [5.74, 6) is 0.176. The number of carbonyl (C=O) groups is 2. The van der Waals surface area contributed by atoms with E-state index in [9.17, 15) is 9.59 Å². The second-order valence-electron chi connectivity index (χ2n) is 5.93. The maximum Gasteiger partial charge on any atom is 0.303 e. The molecule has 0 aliphatic carbocycles. The quantitative estimate of drug-likeness (QED) is 0.669. The van der Waals surface area contributed by atoms with Crippen molar-refractivity contribution >= 4 is 17.6 Å². The lowest BCUT2D eigenvalue weighted by molar-refractivity contribution is -0.137. The molecule has 2 aromatic rings. The molecule has 1 amide bonds. The molecule has 1 atom stereocenters. The van der Waals surface area contributed by atoms with Crippen molar-refractivity contribution in [2.24, 2.45) is 0 Å². The van der Waals surface area contributed by atoms with Gasteiger partial charge in [0.1, 0.15) is 11.5 Å². The van der Waals surface area contributed by atoms with Crippen molar-refractivity contribution in [3.8, 4) is 11.5 Å². The summed E-state index contributed by atoms with van der Waals surface area (Å²) in [5.41, 5.74) is 1.76. The van der Waals surface area contributed by atoms with Crippen LogP contribution < -0.4 is 14.8 Å². The Morgan fingerprint density at radius 3 is 2.27 bits per heavy atom. The number of hydrogen-bond acceptors (Lipinski definition) is 4. The minimum Gasteiger partial charge on any atom is -0.494 e. The summed E-state index contributed by atoms with van der Waals surface area (Å²) in [6, 6.07) is 14.4. The molecule has 2 aromatic carbocycles. The molecule has 26 heavy (non-hydrogen) atoms. The fraction of sp³-hybridized carbons (Fsp3) is 0.300. The lowest BCUT2D eigenvalue weighted by atomic mass is 10.2. The van der Waals surface area contributed by atoms with Crippen LogP contribution in [0.25, 0.3) is 0 Å². The predicted octanol–water partition coefficient (Wildman–Crippen LogP) is 3.64. The van der Waals surface area contributed by atoms with Crippen LogP contribution >= 0.6 is 0 Å². The minimum absolute atomic E-state index is 0.0764. The lowest BCUT2D eigenvalue weighted by Gasteiger charge is -2.15. The molecule has 6 heteroatoms. The number of aryl methyl sites for hydroxylation is 1.